The molecular formula is C25H21N3O3S. The molecule has 1 aliphatic rings. The zero-order valence-electron chi connectivity index (χ0n) is 17.5. The third-order valence-electron chi connectivity index (χ3n) is 5.46. The number of hydrogen-bond acceptors (Lipinski definition) is 5. The van der Waals surface area contributed by atoms with Crippen molar-refractivity contribution in [1.82, 2.24) is 14.9 Å². The molecule has 32 heavy (non-hydrogen) atoms. The van der Waals surface area contributed by atoms with Crippen molar-refractivity contribution in [1.29, 1.82) is 0 Å². The molecule has 1 aliphatic heterocycles. The van der Waals surface area contributed by atoms with Crippen LogP contribution < -0.4 is 0 Å². The highest BCUT2D eigenvalue weighted by atomic mass is 32.1. The molecule has 1 N–H and O–H groups in total. The fourth-order valence-corrected chi connectivity index (χ4v) is 4.91. The van der Waals surface area contributed by atoms with Gasteiger partial charge in [-0.3, -0.25) is 9.78 Å². The summed E-state index contributed by atoms with van der Waals surface area (Å²) in [4.78, 5) is 37.1. The van der Waals surface area contributed by atoms with Crippen LogP contribution in [0.3, 0.4) is 0 Å². The highest BCUT2D eigenvalue weighted by Crippen LogP contribution is 2.33. The van der Waals surface area contributed by atoms with Gasteiger partial charge in [0.1, 0.15) is 0 Å². The molecule has 7 heteroatoms. The molecule has 1 amide bonds. The van der Waals surface area contributed by atoms with E-state index >= 15 is 0 Å². The van der Waals surface area contributed by atoms with Gasteiger partial charge in [-0.1, -0.05) is 24.3 Å². The Morgan fingerprint density at radius 1 is 1.12 bits per heavy atom. The number of pyridine rings is 1. The van der Waals surface area contributed by atoms with Gasteiger partial charge < -0.3 is 14.6 Å². The first-order valence-electron chi connectivity index (χ1n) is 10.5. The Labute approximate surface area is 189 Å². The van der Waals surface area contributed by atoms with Crippen LogP contribution in [-0.2, 0) is 16.0 Å². The fourth-order valence-electron chi connectivity index (χ4n) is 3.97. The number of fused-ring (bicyclic) bond motifs is 3. The summed E-state index contributed by atoms with van der Waals surface area (Å²) >= 11 is 1.40. The molecule has 0 atom stereocenters. The molecule has 0 bridgehead atoms. The number of carbonyl (C=O) groups is 2. The van der Waals surface area contributed by atoms with E-state index < -0.39 is 5.97 Å². The molecule has 0 aliphatic carbocycles. The van der Waals surface area contributed by atoms with Gasteiger partial charge in [0.05, 0.1) is 33.3 Å². The molecule has 0 radical (unpaired) electrons. The highest BCUT2D eigenvalue weighted by Gasteiger charge is 2.28. The number of ether oxygens (including phenoxy) is 1. The number of nitrogens with one attached hydrogen (secondary N) is 1. The summed E-state index contributed by atoms with van der Waals surface area (Å²) in [6.45, 7) is 2.50. The van der Waals surface area contributed by atoms with Crippen LogP contribution in [0.25, 0.3) is 27.0 Å². The quantitative estimate of drug-likeness (QED) is 0.456. The number of H-pyrrole nitrogens is 1. The van der Waals surface area contributed by atoms with Gasteiger partial charge in [-0.2, -0.15) is 0 Å². The zero-order chi connectivity index (χ0) is 22.1. The first kappa shape index (κ1) is 20.2. The van der Waals surface area contributed by atoms with Gasteiger partial charge in [0.25, 0.3) is 5.91 Å². The van der Waals surface area contributed by atoms with Gasteiger partial charge in [0.15, 0.2) is 0 Å². The zero-order valence-corrected chi connectivity index (χ0v) is 18.3. The summed E-state index contributed by atoms with van der Waals surface area (Å²) in [7, 11) is 0. The van der Waals surface area contributed by atoms with Crippen LogP contribution >= 0.6 is 11.3 Å². The summed E-state index contributed by atoms with van der Waals surface area (Å²) in [5.74, 6) is -0.589. The summed E-state index contributed by atoms with van der Waals surface area (Å²) in [6.07, 6.45) is 3.99. The van der Waals surface area contributed by atoms with E-state index in [1.807, 2.05) is 54.6 Å². The number of para-hydroxylation sites is 1. The largest absolute Gasteiger partial charge is 0.462 e. The number of nitrogens with zero attached hydrogens (tertiary/aromatic N) is 2. The molecule has 6 nitrogen and oxygen atoms in total. The minimum Gasteiger partial charge on any atom is -0.462 e. The number of hydrogen-bond donors (Lipinski definition) is 1. The smallest absolute Gasteiger partial charge is 0.341 e. The number of benzene rings is 1. The molecule has 0 fully saturated rings. The second-order valence-corrected chi connectivity index (χ2v) is 8.50. The van der Waals surface area contributed by atoms with Gasteiger partial charge >= 0.3 is 5.97 Å². The third-order valence-corrected chi connectivity index (χ3v) is 6.56. The first-order chi connectivity index (χ1) is 15.7. The molecule has 4 heterocycles. The van der Waals surface area contributed by atoms with Crippen molar-refractivity contribution in [3.63, 3.8) is 0 Å². The van der Waals surface area contributed by atoms with E-state index in [1.54, 1.807) is 24.2 Å². The van der Waals surface area contributed by atoms with Crippen LogP contribution in [0.5, 0.6) is 0 Å². The van der Waals surface area contributed by atoms with E-state index in [9.17, 15) is 9.59 Å². The second kappa shape index (κ2) is 8.43. The van der Waals surface area contributed by atoms with Crippen LogP contribution in [0.2, 0.25) is 0 Å². The Morgan fingerprint density at radius 2 is 1.97 bits per heavy atom. The Morgan fingerprint density at radius 3 is 2.78 bits per heavy atom. The van der Waals surface area contributed by atoms with Crippen molar-refractivity contribution in [2.45, 2.75) is 13.3 Å². The van der Waals surface area contributed by atoms with Crippen molar-refractivity contribution in [3.05, 3.63) is 83.1 Å². The molecular weight excluding hydrogens is 422 g/mol. The van der Waals surface area contributed by atoms with Crippen molar-refractivity contribution >= 4 is 39.7 Å². The van der Waals surface area contributed by atoms with Crippen molar-refractivity contribution in [2.24, 2.45) is 0 Å². The average molecular weight is 444 g/mol. The third kappa shape index (κ3) is 3.61. The molecule has 0 spiro atoms. The van der Waals surface area contributed by atoms with E-state index in [0.717, 1.165) is 32.7 Å². The van der Waals surface area contributed by atoms with Gasteiger partial charge in [-0.15, -0.1) is 11.3 Å². The van der Waals surface area contributed by atoms with Crippen LogP contribution in [0.15, 0.2) is 67.0 Å². The first-order valence-corrected chi connectivity index (χ1v) is 11.3. The Kier molecular flexibility index (Phi) is 5.33. The number of carbonyl (C=O) groups excluding carboxylic acids is 2. The second-order valence-electron chi connectivity index (χ2n) is 7.41. The average Bonchev–Trinajstić information content (AvgIpc) is 3.40. The highest BCUT2D eigenvalue weighted by molar-refractivity contribution is 7.17. The fraction of sp³-hybridized carbons (Fsp3) is 0.160. The van der Waals surface area contributed by atoms with Crippen molar-refractivity contribution < 1.29 is 14.3 Å². The Bertz CT molecular complexity index is 1340. The van der Waals surface area contributed by atoms with Crippen LogP contribution in [0.4, 0.5) is 0 Å². The van der Waals surface area contributed by atoms with Gasteiger partial charge in [-0.25, -0.2) is 4.79 Å². The number of esters is 1. The van der Waals surface area contributed by atoms with Crippen LogP contribution in [0, 0.1) is 0 Å². The lowest BCUT2D eigenvalue weighted by atomic mass is 10.0. The maximum atomic E-state index is 13.4. The lowest BCUT2D eigenvalue weighted by Gasteiger charge is -2.16. The van der Waals surface area contributed by atoms with Gasteiger partial charge in [-0.05, 0) is 49.2 Å². The van der Waals surface area contributed by atoms with Crippen LogP contribution in [0.1, 0.15) is 27.9 Å². The standard InChI is InChI=1S/C25H21N3O3S/c1-2-31-25(30)18-15-28(14-12-17-16-7-3-4-8-19(16)27-23(17)18)24(29)22-11-10-21(32-22)20-9-5-6-13-26-20/h3-11,13,15,27H,2,12,14H2,1H3. The minimum atomic E-state index is -0.444. The SMILES string of the molecule is CCOC(=O)C1=CN(C(=O)c2ccc(-c3ccccn3)s2)CCc2c1[nH]c1ccccc21. The van der Waals surface area contributed by atoms with E-state index in [0.29, 0.717) is 23.4 Å². The number of rotatable bonds is 4. The normalized spacial score (nSPS) is 13.4. The summed E-state index contributed by atoms with van der Waals surface area (Å²) in [5, 5.41) is 1.06. The van der Waals surface area contributed by atoms with E-state index in [-0.39, 0.29) is 12.5 Å². The molecule has 0 saturated heterocycles. The van der Waals surface area contributed by atoms with E-state index in [2.05, 4.69) is 9.97 Å². The van der Waals surface area contributed by atoms with Crippen molar-refractivity contribution in [3.8, 4) is 10.6 Å². The lowest BCUT2D eigenvalue weighted by Crippen LogP contribution is -2.27. The Balaban J connectivity index is 1.52. The molecule has 5 rings (SSSR count). The predicted molar refractivity (Wildman–Crippen MR) is 125 cm³/mol. The number of amides is 1. The lowest BCUT2D eigenvalue weighted by molar-refractivity contribution is -0.136. The van der Waals surface area contributed by atoms with Crippen molar-refractivity contribution in [2.75, 3.05) is 13.2 Å². The summed E-state index contributed by atoms with van der Waals surface area (Å²) in [6, 6.07) is 17.4. The predicted octanol–water partition coefficient (Wildman–Crippen LogP) is 4.89. The molecule has 0 saturated carbocycles. The topological polar surface area (TPSA) is 75.3 Å². The minimum absolute atomic E-state index is 0.145. The van der Waals surface area contributed by atoms with Gasteiger partial charge in [0.2, 0.25) is 0 Å². The molecule has 3 aromatic heterocycles. The molecule has 160 valence electrons. The molecule has 0 unspecified atom stereocenters. The molecule has 1 aromatic carbocycles. The number of thiophene rings is 1. The maximum Gasteiger partial charge on any atom is 0.341 e. The monoisotopic (exact) mass is 443 g/mol. The van der Waals surface area contributed by atoms with Crippen LogP contribution in [-0.4, -0.2) is 39.9 Å². The number of aromatic amines is 1. The number of aromatic nitrogens is 2. The summed E-state index contributed by atoms with van der Waals surface area (Å²) < 4.78 is 5.31. The Hall–Kier alpha value is -3.71. The maximum absolute atomic E-state index is 13.4. The van der Waals surface area contributed by atoms with Gasteiger partial charge in [0, 0.05) is 29.8 Å². The molecule has 4 aromatic rings. The van der Waals surface area contributed by atoms with E-state index in [4.69, 9.17) is 4.74 Å². The van der Waals surface area contributed by atoms with E-state index in [1.165, 1.54) is 11.3 Å². The summed E-state index contributed by atoms with van der Waals surface area (Å²) in [5.41, 5.74) is 3.91.